The number of nitriles is 1. The van der Waals surface area contributed by atoms with Gasteiger partial charge in [0.1, 0.15) is 12.1 Å². The summed E-state index contributed by atoms with van der Waals surface area (Å²) in [6.45, 7) is 1.33. The van der Waals surface area contributed by atoms with Crippen LogP contribution in [0.25, 0.3) is 0 Å². The maximum atomic E-state index is 12.8. The van der Waals surface area contributed by atoms with Crippen LogP contribution in [0.4, 0.5) is 0 Å². The molecule has 2 atom stereocenters. The Kier molecular flexibility index (Phi) is 7.92. The minimum absolute atomic E-state index is 0.197. The van der Waals surface area contributed by atoms with Crippen molar-refractivity contribution in [1.82, 2.24) is 10.6 Å². The molecular weight excluding hydrogens is 370 g/mol. The molecule has 0 aliphatic heterocycles. The van der Waals surface area contributed by atoms with Crippen molar-refractivity contribution in [3.63, 3.8) is 0 Å². The van der Waals surface area contributed by atoms with Crippen LogP contribution in [-0.2, 0) is 32.0 Å². The number of esters is 1. The number of carbonyl (C=O) groups is 3. The highest BCUT2D eigenvalue weighted by Crippen LogP contribution is 2.09. The molecule has 0 unspecified atom stereocenters. The molecule has 0 fully saturated rings. The molecule has 2 N–H and O–H groups in total. The molecule has 0 aliphatic carbocycles. The van der Waals surface area contributed by atoms with E-state index in [4.69, 9.17) is 10.00 Å². The summed E-state index contributed by atoms with van der Waals surface area (Å²) in [4.78, 5) is 36.6. The zero-order valence-electron chi connectivity index (χ0n) is 16.3. The summed E-state index contributed by atoms with van der Waals surface area (Å²) in [5.74, 6) is -1.42. The topological polar surface area (TPSA) is 108 Å². The minimum atomic E-state index is -0.924. The molecule has 29 heavy (non-hydrogen) atoms. The highest BCUT2D eigenvalue weighted by Gasteiger charge is 2.27. The van der Waals surface area contributed by atoms with E-state index in [0.717, 1.165) is 11.1 Å². The Hall–Kier alpha value is -3.66. The number of carbonyl (C=O) groups excluding carboxylic acids is 3. The molecule has 0 heterocycles. The lowest BCUT2D eigenvalue weighted by Gasteiger charge is -2.22. The second-order valence-corrected chi connectivity index (χ2v) is 6.54. The predicted molar refractivity (Wildman–Crippen MR) is 107 cm³/mol. The van der Waals surface area contributed by atoms with Gasteiger partial charge in [0, 0.05) is 19.8 Å². The number of hydrogen-bond donors (Lipinski definition) is 2. The van der Waals surface area contributed by atoms with Crippen LogP contribution < -0.4 is 10.6 Å². The highest BCUT2D eigenvalue weighted by atomic mass is 16.5. The van der Waals surface area contributed by atoms with Crippen LogP contribution in [0.5, 0.6) is 0 Å². The zero-order valence-corrected chi connectivity index (χ0v) is 16.3. The molecule has 0 radical (unpaired) electrons. The van der Waals surface area contributed by atoms with Gasteiger partial charge >= 0.3 is 5.97 Å². The van der Waals surface area contributed by atoms with Gasteiger partial charge in [-0.25, -0.2) is 4.79 Å². The average Bonchev–Trinajstić information content (AvgIpc) is 2.73. The molecule has 0 spiro atoms. The van der Waals surface area contributed by atoms with Gasteiger partial charge in [0.05, 0.1) is 18.7 Å². The predicted octanol–water partition coefficient (Wildman–Crippen LogP) is 1.51. The molecule has 0 bridgehead atoms. The molecule has 0 aromatic heterocycles. The van der Waals surface area contributed by atoms with Crippen molar-refractivity contribution in [2.45, 2.75) is 31.8 Å². The molecule has 2 rings (SSSR count). The first-order valence-electron chi connectivity index (χ1n) is 9.11. The fraction of sp³-hybridized carbons (Fsp3) is 0.273. The fourth-order valence-corrected chi connectivity index (χ4v) is 2.86. The molecule has 0 saturated heterocycles. The van der Waals surface area contributed by atoms with Gasteiger partial charge in [-0.3, -0.25) is 9.59 Å². The standard InChI is InChI=1S/C22H23N3O4/c1-15(26)24-19(12-16-6-4-3-5-7-16)21(27)25-20(22(28)29-2)13-17-8-10-18(14-23)11-9-17/h3-11,19-20H,12-13H2,1-2H3,(H,24,26)(H,25,27)/t19-,20-/m1/s1. The lowest BCUT2D eigenvalue weighted by Crippen LogP contribution is -2.53. The van der Waals surface area contributed by atoms with Gasteiger partial charge in [-0.2, -0.15) is 5.26 Å². The Morgan fingerprint density at radius 3 is 2.07 bits per heavy atom. The van der Waals surface area contributed by atoms with Gasteiger partial charge < -0.3 is 15.4 Å². The first kappa shape index (κ1) is 21.6. The molecule has 0 aliphatic rings. The highest BCUT2D eigenvalue weighted by molar-refractivity contribution is 5.90. The SMILES string of the molecule is COC(=O)[C@@H](Cc1ccc(C#N)cc1)NC(=O)[C@@H](Cc1ccccc1)NC(C)=O. The lowest BCUT2D eigenvalue weighted by molar-refractivity contribution is -0.145. The number of nitrogens with zero attached hydrogens (tertiary/aromatic N) is 1. The van der Waals surface area contributed by atoms with E-state index in [2.05, 4.69) is 10.6 Å². The van der Waals surface area contributed by atoms with Crippen molar-refractivity contribution < 1.29 is 19.1 Å². The Balaban J connectivity index is 2.15. The van der Waals surface area contributed by atoms with E-state index in [-0.39, 0.29) is 18.7 Å². The number of nitrogens with one attached hydrogen (secondary N) is 2. The monoisotopic (exact) mass is 393 g/mol. The number of ether oxygens (including phenoxy) is 1. The third kappa shape index (κ3) is 6.78. The van der Waals surface area contributed by atoms with Gasteiger partial charge in [-0.1, -0.05) is 42.5 Å². The molecule has 2 aromatic carbocycles. The van der Waals surface area contributed by atoms with Gasteiger partial charge in [0.2, 0.25) is 11.8 Å². The van der Waals surface area contributed by atoms with Crippen molar-refractivity contribution in [3.05, 3.63) is 71.3 Å². The second kappa shape index (κ2) is 10.6. The summed E-state index contributed by atoms with van der Waals surface area (Å²) in [5.41, 5.74) is 2.14. The molecule has 150 valence electrons. The average molecular weight is 393 g/mol. The quantitative estimate of drug-likeness (QED) is 0.661. The minimum Gasteiger partial charge on any atom is -0.467 e. The smallest absolute Gasteiger partial charge is 0.328 e. The van der Waals surface area contributed by atoms with E-state index in [9.17, 15) is 14.4 Å². The molecule has 7 heteroatoms. The van der Waals surface area contributed by atoms with E-state index in [1.807, 2.05) is 36.4 Å². The third-order valence-electron chi connectivity index (χ3n) is 4.30. The number of amides is 2. The molecular formula is C22H23N3O4. The summed E-state index contributed by atoms with van der Waals surface area (Å²) in [7, 11) is 1.25. The van der Waals surface area contributed by atoms with Crippen LogP contribution in [0, 0.1) is 11.3 Å². The normalized spacial score (nSPS) is 12.2. The Labute approximate surface area is 169 Å². The van der Waals surface area contributed by atoms with Crippen LogP contribution in [0.15, 0.2) is 54.6 Å². The van der Waals surface area contributed by atoms with Gasteiger partial charge in [0.25, 0.3) is 0 Å². The molecule has 7 nitrogen and oxygen atoms in total. The Morgan fingerprint density at radius 1 is 0.931 bits per heavy atom. The van der Waals surface area contributed by atoms with Gasteiger partial charge in [-0.05, 0) is 23.3 Å². The van der Waals surface area contributed by atoms with E-state index >= 15 is 0 Å². The van der Waals surface area contributed by atoms with Crippen LogP contribution >= 0.6 is 0 Å². The molecule has 2 amide bonds. The summed E-state index contributed by atoms with van der Waals surface area (Å²) in [6.07, 6.45) is 0.485. The third-order valence-corrected chi connectivity index (χ3v) is 4.30. The van der Waals surface area contributed by atoms with Gasteiger partial charge in [-0.15, -0.1) is 0 Å². The van der Waals surface area contributed by atoms with E-state index in [1.54, 1.807) is 24.3 Å². The van der Waals surface area contributed by atoms with E-state index in [1.165, 1.54) is 14.0 Å². The number of hydrogen-bond acceptors (Lipinski definition) is 5. The second-order valence-electron chi connectivity index (χ2n) is 6.54. The fourth-order valence-electron chi connectivity index (χ4n) is 2.86. The summed E-state index contributed by atoms with van der Waals surface area (Å²) in [6, 6.07) is 16.3. The maximum Gasteiger partial charge on any atom is 0.328 e. The Bertz CT molecular complexity index is 889. The number of rotatable bonds is 8. The van der Waals surface area contributed by atoms with E-state index in [0.29, 0.717) is 5.56 Å². The van der Waals surface area contributed by atoms with Crippen LogP contribution in [0.3, 0.4) is 0 Å². The van der Waals surface area contributed by atoms with Crippen molar-refractivity contribution >= 4 is 17.8 Å². The number of methoxy groups -OCH3 is 1. The maximum absolute atomic E-state index is 12.8. The van der Waals surface area contributed by atoms with Crippen LogP contribution in [0.2, 0.25) is 0 Å². The van der Waals surface area contributed by atoms with E-state index < -0.39 is 24.0 Å². The van der Waals surface area contributed by atoms with Crippen molar-refractivity contribution in [1.29, 1.82) is 5.26 Å². The molecule has 0 saturated carbocycles. The first-order valence-corrected chi connectivity index (χ1v) is 9.11. The van der Waals surface area contributed by atoms with Crippen molar-refractivity contribution in [2.75, 3.05) is 7.11 Å². The lowest BCUT2D eigenvalue weighted by atomic mass is 10.0. The largest absolute Gasteiger partial charge is 0.467 e. The summed E-state index contributed by atoms with van der Waals surface area (Å²) < 4.78 is 4.82. The van der Waals surface area contributed by atoms with Gasteiger partial charge in [0.15, 0.2) is 0 Å². The first-order chi connectivity index (χ1) is 13.9. The molecule has 2 aromatic rings. The zero-order chi connectivity index (χ0) is 21.2. The number of benzene rings is 2. The Morgan fingerprint density at radius 2 is 1.52 bits per heavy atom. The van der Waals surface area contributed by atoms with Crippen LogP contribution in [0.1, 0.15) is 23.6 Å². The van der Waals surface area contributed by atoms with Crippen molar-refractivity contribution in [2.24, 2.45) is 0 Å². The van der Waals surface area contributed by atoms with Crippen LogP contribution in [-0.4, -0.2) is 37.0 Å². The summed E-state index contributed by atoms with van der Waals surface area (Å²) >= 11 is 0. The van der Waals surface area contributed by atoms with Crippen molar-refractivity contribution in [3.8, 4) is 6.07 Å². The summed E-state index contributed by atoms with van der Waals surface area (Å²) in [5, 5.41) is 14.2.